The van der Waals surface area contributed by atoms with Crippen LogP contribution in [0.3, 0.4) is 0 Å². The first-order valence-corrected chi connectivity index (χ1v) is 7.88. The standard InChI is InChI=1S/C12H15ClN4O2S/c13-10-4-3-9(8-11(10)14)20(18,19)17-5-1-2-12-15-6-7-16-12/h3-4,6-8,17H,1-2,5,14H2,(H,15,16). The Morgan fingerprint density at radius 1 is 1.40 bits per heavy atom. The normalized spacial score (nSPS) is 11.7. The molecular formula is C12H15ClN4O2S. The van der Waals surface area contributed by atoms with Crippen LogP contribution in [0.5, 0.6) is 0 Å². The SMILES string of the molecule is Nc1cc(S(=O)(=O)NCCCc2ncc[nH]2)ccc1Cl. The lowest BCUT2D eigenvalue weighted by Crippen LogP contribution is -2.25. The number of sulfonamides is 1. The first-order valence-electron chi connectivity index (χ1n) is 6.02. The summed E-state index contributed by atoms with van der Waals surface area (Å²) in [6.45, 7) is 0.325. The lowest BCUT2D eigenvalue weighted by molar-refractivity contribution is 0.578. The number of aromatic nitrogens is 2. The van der Waals surface area contributed by atoms with Gasteiger partial charge in [0.2, 0.25) is 10.0 Å². The number of H-pyrrole nitrogens is 1. The Morgan fingerprint density at radius 3 is 2.85 bits per heavy atom. The van der Waals surface area contributed by atoms with E-state index >= 15 is 0 Å². The molecule has 108 valence electrons. The monoisotopic (exact) mass is 314 g/mol. The predicted molar refractivity (Wildman–Crippen MR) is 78.0 cm³/mol. The van der Waals surface area contributed by atoms with Gasteiger partial charge in [0.05, 0.1) is 15.6 Å². The zero-order chi connectivity index (χ0) is 14.6. The first kappa shape index (κ1) is 14.8. The van der Waals surface area contributed by atoms with Crippen LogP contribution in [0.25, 0.3) is 0 Å². The molecule has 8 heteroatoms. The largest absolute Gasteiger partial charge is 0.397 e. The van der Waals surface area contributed by atoms with E-state index in [2.05, 4.69) is 14.7 Å². The molecule has 0 saturated carbocycles. The number of anilines is 1. The molecule has 0 aliphatic rings. The van der Waals surface area contributed by atoms with Crippen LogP contribution < -0.4 is 10.5 Å². The number of nitrogens with two attached hydrogens (primary N) is 1. The molecule has 2 aromatic rings. The third-order valence-electron chi connectivity index (χ3n) is 2.72. The maximum Gasteiger partial charge on any atom is 0.240 e. The van der Waals surface area contributed by atoms with Crippen LogP contribution in [-0.4, -0.2) is 24.9 Å². The van der Waals surface area contributed by atoms with Crippen LogP contribution in [0.4, 0.5) is 5.69 Å². The fraction of sp³-hybridized carbons (Fsp3) is 0.250. The summed E-state index contributed by atoms with van der Waals surface area (Å²) in [6.07, 6.45) is 4.72. The lowest BCUT2D eigenvalue weighted by atomic mass is 10.3. The number of aryl methyl sites for hydroxylation is 1. The predicted octanol–water partition coefficient (Wildman–Crippen LogP) is 1.56. The smallest absolute Gasteiger partial charge is 0.240 e. The highest BCUT2D eigenvalue weighted by Gasteiger charge is 2.14. The average molecular weight is 315 g/mol. The Balaban J connectivity index is 1.92. The Bertz CT molecular complexity index is 671. The third kappa shape index (κ3) is 3.72. The summed E-state index contributed by atoms with van der Waals surface area (Å²) < 4.78 is 26.6. The summed E-state index contributed by atoms with van der Waals surface area (Å²) in [6, 6.07) is 4.24. The highest BCUT2D eigenvalue weighted by atomic mass is 35.5. The van der Waals surface area contributed by atoms with Gasteiger partial charge in [0.25, 0.3) is 0 Å². The van der Waals surface area contributed by atoms with Gasteiger partial charge in [0.15, 0.2) is 0 Å². The molecule has 0 bridgehead atoms. The van der Waals surface area contributed by atoms with E-state index in [1.54, 1.807) is 12.4 Å². The molecule has 0 spiro atoms. The van der Waals surface area contributed by atoms with Crippen molar-refractivity contribution in [3.05, 3.63) is 41.4 Å². The van der Waals surface area contributed by atoms with E-state index in [4.69, 9.17) is 17.3 Å². The van der Waals surface area contributed by atoms with Crippen LogP contribution in [0.1, 0.15) is 12.2 Å². The van der Waals surface area contributed by atoms with E-state index in [9.17, 15) is 8.42 Å². The molecule has 1 aromatic heterocycles. The zero-order valence-electron chi connectivity index (χ0n) is 10.6. The van der Waals surface area contributed by atoms with E-state index in [1.165, 1.54) is 18.2 Å². The second kappa shape index (κ2) is 6.25. The number of rotatable bonds is 6. The number of imidazole rings is 1. The van der Waals surface area contributed by atoms with Crippen LogP contribution in [0.15, 0.2) is 35.5 Å². The second-order valence-electron chi connectivity index (χ2n) is 4.22. The van der Waals surface area contributed by atoms with Crippen molar-refractivity contribution in [3.63, 3.8) is 0 Å². The number of benzene rings is 1. The Labute approximate surface area is 122 Å². The number of halogens is 1. The van der Waals surface area contributed by atoms with Crippen molar-refractivity contribution in [2.24, 2.45) is 0 Å². The van der Waals surface area contributed by atoms with Crippen molar-refractivity contribution in [2.75, 3.05) is 12.3 Å². The first-order chi connectivity index (χ1) is 9.49. The second-order valence-corrected chi connectivity index (χ2v) is 6.39. The van der Waals surface area contributed by atoms with Gasteiger partial charge in [-0.2, -0.15) is 0 Å². The third-order valence-corrected chi connectivity index (χ3v) is 4.52. The van der Waals surface area contributed by atoms with Gasteiger partial charge in [-0.1, -0.05) is 11.6 Å². The van der Waals surface area contributed by atoms with Crippen LogP contribution in [0, 0.1) is 0 Å². The van der Waals surface area contributed by atoms with Gasteiger partial charge >= 0.3 is 0 Å². The van der Waals surface area contributed by atoms with Gasteiger partial charge in [-0.05, 0) is 24.6 Å². The minimum absolute atomic E-state index is 0.109. The quantitative estimate of drug-likeness (QED) is 0.556. The minimum Gasteiger partial charge on any atom is -0.397 e. The summed E-state index contributed by atoms with van der Waals surface area (Å²) in [5.41, 5.74) is 5.84. The van der Waals surface area contributed by atoms with Gasteiger partial charge in [-0.3, -0.25) is 0 Å². The Kier molecular flexibility index (Phi) is 4.64. The van der Waals surface area contributed by atoms with Crippen molar-refractivity contribution in [3.8, 4) is 0 Å². The molecule has 0 fully saturated rings. The van der Waals surface area contributed by atoms with Crippen molar-refractivity contribution >= 4 is 27.3 Å². The van der Waals surface area contributed by atoms with E-state index < -0.39 is 10.0 Å². The highest BCUT2D eigenvalue weighted by molar-refractivity contribution is 7.89. The molecule has 1 aromatic carbocycles. The fourth-order valence-electron chi connectivity index (χ4n) is 1.67. The molecule has 0 aliphatic carbocycles. The number of aromatic amines is 1. The fourth-order valence-corrected chi connectivity index (χ4v) is 2.90. The maximum atomic E-state index is 12.0. The molecule has 20 heavy (non-hydrogen) atoms. The number of hydrogen-bond donors (Lipinski definition) is 3. The zero-order valence-corrected chi connectivity index (χ0v) is 12.2. The molecular weight excluding hydrogens is 300 g/mol. The van der Waals surface area contributed by atoms with Crippen molar-refractivity contribution in [2.45, 2.75) is 17.7 Å². The van der Waals surface area contributed by atoms with E-state index in [0.29, 0.717) is 24.4 Å². The van der Waals surface area contributed by atoms with E-state index in [1.807, 2.05) is 0 Å². The van der Waals surface area contributed by atoms with Crippen molar-refractivity contribution in [1.82, 2.24) is 14.7 Å². The van der Waals surface area contributed by atoms with Gasteiger partial charge in [-0.25, -0.2) is 18.1 Å². The molecule has 0 saturated heterocycles. The summed E-state index contributed by atoms with van der Waals surface area (Å²) in [7, 11) is -3.56. The van der Waals surface area contributed by atoms with Gasteiger partial charge in [0.1, 0.15) is 5.82 Å². The summed E-state index contributed by atoms with van der Waals surface area (Å²) in [5, 5.41) is 0.335. The van der Waals surface area contributed by atoms with Gasteiger partial charge in [0, 0.05) is 25.4 Å². The van der Waals surface area contributed by atoms with E-state index in [-0.39, 0.29) is 10.6 Å². The summed E-state index contributed by atoms with van der Waals surface area (Å²) in [5.74, 6) is 0.833. The molecule has 6 nitrogen and oxygen atoms in total. The molecule has 4 N–H and O–H groups in total. The summed E-state index contributed by atoms with van der Waals surface area (Å²) >= 11 is 5.76. The Morgan fingerprint density at radius 2 is 2.20 bits per heavy atom. The lowest BCUT2D eigenvalue weighted by Gasteiger charge is -2.07. The average Bonchev–Trinajstić information content (AvgIpc) is 2.91. The molecule has 1 heterocycles. The molecule has 2 rings (SSSR count). The van der Waals surface area contributed by atoms with Crippen molar-refractivity contribution in [1.29, 1.82) is 0 Å². The van der Waals surface area contributed by atoms with Crippen molar-refractivity contribution < 1.29 is 8.42 Å². The minimum atomic E-state index is -3.56. The highest BCUT2D eigenvalue weighted by Crippen LogP contribution is 2.21. The number of nitrogens with zero attached hydrogens (tertiary/aromatic N) is 1. The van der Waals surface area contributed by atoms with Crippen LogP contribution in [-0.2, 0) is 16.4 Å². The maximum absolute atomic E-state index is 12.0. The van der Waals surface area contributed by atoms with E-state index in [0.717, 1.165) is 5.82 Å². The van der Waals surface area contributed by atoms with Crippen LogP contribution >= 0.6 is 11.6 Å². The molecule has 0 unspecified atom stereocenters. The number of hydrogen-bond acceptors (Lipinski definition) is 4. The number of nitrogen functional groups attached to an aromatic ring is 1. The van der Waals surface area contributed by atoms with Gasteiger partial charge in [-0.15, -0.1) is 0 Å². The molecule has 0 atom stereocenters. The topological polar surface area (TPSA) is 101 Å². The molecule has 0 aliphatic heterocycles. The van der Waals surface area contributed by atoms with Crippen LogP contribution in [0.2, 0.25) is 5.02 Å². The number of nitrogens with one attached hydrogen (secondary N) is 2. The Hall–Kier alpha value is -1.57. The van der Waals surface area contributed by atoms with Gasteiger partial charge < -0.3 is 10.7 Å². The summed E-state index contributed by atoms with van der Waals surface area (Å²) in [4.78, 5) is 7.14. The molecule has 0 amide bonds. The molecule has 0 radical (unpaired) electrons.